The van der Waals surface area contributed by atoms with Crippen molar-refractivity contribution < 1.29 is 9.53 Å². The maximum atomic E-state index is 11.8. The Morgan fingerprint density at radius 3 is 2.64 bits per heavy atom. The number of anilines is 1. The van der Waals surface area contributed by atoms with Crippen LogP contribution in [-0.4, -0.2) is 12.6 Å². The minimum absolute atomic E-state index is 0.284. The molecule has 2 aromatic carbocycles. The van der Waals surface area contributed by atoms with Crippen molar-refractivity contribution in [2.45, 2.75) is 13.8 Å². The summed E-state index contributed by atoms with van der Waals surface area (Å²) in [6.45, 7) is 4.58. The topological polar surface area (TPSA) is 50.4 Å². The number of hydrogen-bond donors (Lipinski definition) is 2. The molecule has 2 N–H and O–H groups in total. The summed E-state index contributed by atoms with van der Waals surface area (Å²) in [5.74, 6) is 0.785. The van der Waals surface area contributed by atoms with Gasteiger partial charge in [0.05, 0.1) is 6.61 Å². The molecule has 0 aliphatic carbocycles. The van der Waals surface area contributed by atoms with Gasteiger partial charge in [0.2, 0.25) is 0 Å². The summed E-state index contributed by atoms with van der Waals surface area (Å²) in [6.07, 6.45) is 3.48. The SMILES string of the molecule is CCOc1ccc(NC(=O)N/C=C/c2cccc(C)c2)cc1. The van der Waals surface area contributed by atoms with Gasteiger partial charge in [0, 0.05) is 11.9 Å². The van der Waals surface area contributed by atoms with Crippen molar-refractivity contribution in [3.8, 4) is 5.75 Å². The number of carbonyl (C=O) groups is 1. The van der Waals surface area contributed by atoms with E-state index < -0.39 is 0 Å². The number of rotatable bonds is 5. The smallest absolute Gasteiger partial charge is 0.323 e. The van der Waals surface area contributed by atoms with Crippen LogP contribution in [-0.2, 0) is 0 Å². The molecular weight excluding hydrogens is 276 g/mol. The number of aryl methyl sites for hydroxylation is 1. The lowest BCUT2D eigenvalue weighted by atomic mass is 10.1. The van der Waals surface area contributed by atoms with Gasteiger partial charge in [-0.3, -0.25) is 0 Å². The Bertz CT molecular complexity index is 648. The van der Waals surface area contributed by atoms with Crippen molar-refractivity contribution in [1.82, 2.24) is 5.32 Å². The molecule has 0 bridgehead atoms. The van der Waals surface area contributed by atoms with Crippen LogP contribution in [0.15, 0.2) is 54.7 Å². The number of ether oxygens (including phenoxy) is 1. The Hall–Kier alpha value is -2.75. The van der Waals surface area contributed by atoms with Crippen LogP contribution in [0, 0.1) is 6.92 Å². The fourth-order valence-corrected chi connectivity index (χ4v) is 1.96. The average molecular weight is 296 g/mol. The minimum atomic E-state index is -0.284. The Morgan fingerprint density at radius 1 is 1.18 bits per heavy atom. The Balaban J connectivity index is 1.85. The maximum Gasteiger partial charge on any atom is 0.323 e. The molecule has 114 valence electrons. The van der Waals surface area contributed by atoms with Crippen LogP contribution in [0.5, 0.6) is 5.75 Å². The van der Waals surface area contributed by atoms with Crippen LogP contribution in [0.25, 0.3) is 6.08 Å². The van der Waals surface area contributed by atoms with Gasteiger partial charge in [0.25, 0.3) is 0 Å². The molecule has 22 heavy (non-hydrogen) atoms. The second-order valence-corrected chi connectivity index (χ2v) is 4.80. The van der Waals surface area contributed by atoms with E-state index in [0.717, 1.165) is 11.3 Å². The number of carbonyl (C=O) groups excluding carboxylic acids is 1. The zero-order valence-electron chi connectivity index (χ0n) is 12.8. The van der Waals surface area contributed by atoms with Gasteiger partial charge in [-0.2, -0.15) is 0 Å². The molecule has 0 atom stereocenters. The van der Waals surface area contributed by atoms with E-state index in [9.17, 15) is 4.79 Å². The van der Waals surface area contributed by atoms with E-state index in [4.69, 9.17) is 4.74 Å². The molecule has 0 saturated heterocycles. The summed E-state index contributed by atoms with van der Waals surface area (Å²) >= 11 is 0. The first-order chi connectivity index (χ1) is 10.7. The third-order valence-electron chi connectivity index (χ3n) is 2.96. The van der Waals surface area contributed by atoms with Gasteiger partial charge in [-0.05, 0) is 49.8 Å². The van der Waals surface area contributed by atoms with Crippen molar-refractivity contribution in [2.24, 2.45) is 0 Å². The second-order valence-electron chi connectivity index (χ2n) is 4.80. The fraction of sp³-hybridized carbons (Fsp3) is 0.167. The van der Waals surface area contributed by atoms with Crippen LogP contribution in [0.4, 0.5) is 10.5 Å². The molecule has 0 saturated carbocycles. The first kappa shape index (κ1) is 15.6. The predicted octanol–water partition coefficient (Wildman–Crippen LogP) is 4.19. The number of benzene rings is 2. The van der Waals surface area contributed by atoms with E-state index in [1.807, 2.05) is 56.3 Å². The number of urea groups is 1. The van der Waals surface area contributed by atoms with Crippen molar-refractivity contribution in [3.05, 3.63) is 65.9 Å². The molecule has 0 aromatic heterocycles. The van der Waals surface area contributed by atoms with E-state index in [-0.39, 0.29) is 6.03 Å². The van der Waals surface area contributed by atoms with Crippen molar-refractivity contribution in [1.29, 1.82) is 0 Å². The highest BCUT2D eigenvalue weighted by atomic mass is 16.5. The minimum Gasteiger partial charge on any atom is -0.494 e. The van der Waals surface area contributed by atoms with Gasteiger partial charge in [-0.1, -0.05) is 29.8 Å². The molecule has 2 rings (SSSR count). The number of amides is 2. The zero-order valence-corrected chi connectivity index (χ0v) is 12.8. The van der Waals surface area contributed by atoms with E-state index in [0.29, 0.717) is 12.3 Å². The van der Waals surface area contributed by atoms with E-state index in [1.54, 1.807) is 18.3 Å². The van der Waals surface area contributed by atoms with Gasteiger partial charge in [0.1, 0.15) is 5.75 Å². The van der Waals surface area contributed by atoms with E-state index in [1.165, 1.54) is 5.56 Å². The lowest BCUT2D eigenvalue weighted by Gasteiger charge is -2.06. The molecule has 0 fully saturated rings. The molecular formula is C18H20N2O2. The summed E-state index contributed by atoms with van der Waals surface area (Å²) in [5.41, 5.74) is 2.94. The van der Waals surface area contributed by atoms with Crippen LogP contribution in [0.3, 0.4) is 0 Å². The molecule has 0 heterocycles. The standard InChI is InChI=1S/C18H20N2O2/c1-3-22-17-9-7-16(8-10-17)20-18(21)19-12-11-15-6-4-5-14(2)13-15/h4-13H,3H2,1-2H3,(H2,19,20,21)/b12-11+. The monoisotopic (exact) mass is 296 g/mol. The van der Waals surface area contributed by atoms with Crippen LogP contribution < -0.4 is 15.4 Å². The average Bonchev–Trinajstić information content (AvgIpc) is 2.50. The molecule has 4 heteroatoms. The van der Waals surface area contributed by atoms with Crippen molar-refractivity contribution >= 4 is 17.8 Å². The quantitative estimate of drug-likeness (QED) is 0.869. The van der Waals surface area contributed by atoms with Crippen molar-refractivity contribution in [2.75, 3.05) is 11.9 Å². The third-order valence-corrected chi connectivity index (χ3v) is 2.96. The van der Waals surface area contributed by atoms with Crippen LogP contribution in [0.1, 0.15) is 18.1 Å². The molecule has 2 amide bonds. The van der Waals surface area contributed by atoms with Gasteiger partial charge in [-0.25, -0.2) is 4.79 Å². The number of hydrogen-bond acceptors (Lipinski definition) is 2. The van der Waals surface area contributed by atoms with E-state index in [2.05, 4.69) is 10.6 Å². The van der Waals surface area contributed by atoms with Gasteiger partial charge in [0.15, 0.2) is 0 Å². The largest absolute Gasteiger partial charge is 0.494 e. The zero-order chi connectivity index (χ0) is 15.8. The van der Waals surface area contributed by atoms with Gasteiger partial charge < -0.3 is 15.4 Å². The summed E-state index contributed by atoms with van der Waals surface area (Å²) < 4.78 is 5.35. The predicted molar refractivity (Wildman–Crippen MR) is 90.0 cm³/mol. The molecule has 0 spiro atoms. The lowest BCUT2D eigenvalue weighted by Crippen LogP contribution is -2.23. The molecule has 0 unspecified atom stereocenters. The molecule has 0 aliphatic rings. The molecule has 0 aliphatic heterocycles. The Kier molecular flexibility index (Phi) is 5.60. The Labute approximate surface area is 130 Å². The summed E-state index contributed by atoms with van der Waals surface area (Å²) in [6, 6.07) is 15.0. The fourth-order valence-electron chi connectivity index (χ4n) is 1.96. The molecule has 0 radical (unpaired) electrons. The lowest BCUT2D eigenvalue weighted by molar-refractivity contribution is 0.255. The highest BCUT2D eigenvalue weighted by Crippen LogP contribution is 2.15. The summed E-state index contributed by atoms with van der Waals surface area (Å²) in [7, 11) is 0. The third kappa shape index (κ3) is 4.98. The summed E-state index contributed by atoms with van der Waals surface area (Å²) in [5, 5.41) is 5.43. The highest BCUT2D eigenvalue weighted by molar-refractivity contribution is 5.90. The maximum absolute atomic E-state index is 11.8. The van der Waals surface area contributed by atoms with Gasteiger partial charge >= 0.3 is 6.03 Å². The Morgan fingerprint density at radius 2 is 1.95 bits per heavy atom. The second kappa shape index (κ2) is 7.88. The normalized spacial score (nSPS) is 10.5. The summed E-state index contributed by atoms with van der Waals surface area (Å²) in [4.78, 5) is 11.8. The van der Waals surface area contributed by atoms with Crippen LogP contribution in [0.2, 0.25) is 0 Å². The molecule has 2 aromatic rings. The van der Waals surface area contributed by atoms with E-state index >= 15 is 0 Å². The highest BCUT2D eigenvalue weighted by Gasteiger charge is 1.99. The van der Waals surface area contributed by atoms with Crippen molar-refractivity contribution in [3.63, 3.8) is 0 Å². The first-order valence-corrected chi connectivity index (χ1v) is 7.21. The number of nitrogens with one attached hydrogen (secondary N) is 2. The molecule has 4 nitrogen and oxygen atoms in total. The van der Waals surface area contributed by atoms with Crippen LogP contribution >= 0.6 is 0 Å². The van der Waals surface area contributed by atoms with Gasteiger partial charge in [-0.15, -0.1) is 0 Å². The first-order valence-electron chi connectivity index (χ1n) is 7.21.